The summed E-state index contributed by atoms with van der Waals surface area (Å²) < 4.78 is 27.0. The number of hydroxylamine groups is 1. The van der Waals surface area contributed by atoms with E-state index in [1.807, 2.05) is 0 Å². The average Bonchev–Trinajstić information content (AvgIpc) is 3.03. The molecule has 1 atom stereocenters. The molecule has 0 spiro atoms. The molecule has 0 fully saturated rings. The first kappa shape index (κ1) is 18.1. The van der Waals surface area contributed by atoms with E-state index in [2.05, 4.69) is 26.7 Å². The zero-order valence-corrected chi connectivity index (χ0v) is 15.3. The van der Waals surface area contributed by atoms with E-state index in [-0.39, 0.29) is 10.2 Å². The third-order valence-electron chi connectivity index (χ3n) is 3.36. The fourth-order valence-corrected chi connectivity index (χ4v) is 2.96. The van der Waals surface area contributed by atoms with Gasteiger partial charge in [0.25, 0.3) is 5.91 Å². The summed E-state index contributed by atoms with van der Waals surface area (Å²) >= 11 is 14.8. The number of benzene rings is 2. The highest BCUT2D eigenvalue weighted by Gasteiger charge is 2.26. The van der Waals surface area contributed by atoms with Gasteiger partial charge >= 0.3 is 0 Å². The normalized spacial score (nSPS) is 16.4. The van der Waals surface area contributed by atoms with Crippen LogP contribution in [0.4, 0.5) is 14.5 Å². The highest BCUT2D eigenvalue weighted by Crippen LogP contribution is 2.29. The second-order valence-corrected chi connectivity index (χ2v) is 6.75. The van der Waals surface area contributed by atoms with Crippen LogP contribution < -0.4 is 10.8 Å². The first-order valence-electron chi connectivity index (χ1n) is 6.89. The number of amides is 1. The molecular weight excluding hydrogens is 441 g/mol. The zero-order chi connectivity index (χ0) is 18.1. The molecule has 1 aliphatic rings. The van der Waals surface area contributed by atoms with Crippen LogP contribution in [0.15, 0.2) is 40.9 Å². The molecule has 0 aromatic heterocycles. The van der Waals surface area contributed by atoms with Crippen molar-refractivity contribution in [2.45, 2.75) is 6.10 Å². The van der Waals surface area contributed by atoms with Gasteiger partial charge in [-0.1, -0.05) is 29.3 Å². The molecule has 1 heterocycles. The first-order chi connectivity index (χ1) is 11.8. The summed E-state index contributed by atoms with van der Waals surface area (Å²) in [4.78, 5) is 17.4. The molecule has 25 heavy (non-hydrogen) atoms. The van der Waals surface area contributed by atoms with Crippen LogP contribution >= 0.6 is 39.1 Å². The highest BCUT2D eigenvalue weighted by atomic mass is 79.9. The monoisotopic (exact) mass is 448 g/mol. The summed E-state index contributed by atoms with van der Waals surface area (Å²) in [5, 5.41) is 3.11. The minimum atomic E-state index is -1.01. The molecule has 0 aliphatic carbocycles. The Hall–Kier alpha value is -1.67. The fraction of sp³-hybridized carbons (Fsp3) is 0.0625. The molecule has 0 radical (unpaired) electrons. The van der Waals surface area contributed by atoms with Crippen LogP contribution in [0.25, 0.3) is 5.70 Å². The van der Waals surface area contributed by atoms with Gasteiger partial charge in [0.05, 0.1) is 21.4 Å². The van der Waals surface area contributed by atoms with Crippen molar-refractivity contribution < 1.29 is 18.4 Å². The standard InChI is InChI=1S/C16H9BrCl2F2N2O2/c17-9-4-8(20)5-12(21)15(9)22-16(24)14-6-13(23-25-14)7-1-2-10(18)11(19)3-7/h1-6,14,23H,(H,22,24)/t14-/m1/s1. The Morgan fingerprint density at radius 1 is 1.20 bits per heavy atom. The number of rotatable bonds is 3. The Bertz CT molecular complexity index is 869. The highest BCUT2D eigenvalue weighted by molar-refractivity contribution is 9.10. The van der Waals surface area contributed by atoms with Gasteiger partial charge in [0, 0.05) is 16.1 Å². The Morgan fingerprint density at radius 2 is 1.96 bits per heavy atom. The van der Waals surface area contributed by atoms with Crippen molar-refractivity contribution >= 4 is 56.4 Å². The molecule has 2 aromatic carbocycles. The molecule has 4 nitrogen and oxygen atoms in total. The minimum Gasteiger partial charge on any atom is -0.320 e. The largest absolute Gasteiger partial charge is 0.320 e. The number of hydrogen-bond acceptors (Lipinski definition) is 3. The predicted molar refractivity (Wildman–Crippen MR) is 95.1 cm³/mol. The third-order valence-corrected chi connectivity index (χ3v) is 4.72. The Kier molecular flexibility index (Phi) is 5.29. The lowest BCUT2D eigenvalue weighted by molar-refractivity contribution is -0.125. The van der Waals surface area contributed by atoms with Crippen LogP contribution in [0.2, 0.25) is 10.0 Å². The van der Waals surface area contributed by atoms with E-state index in [0.29, 0.717) is 27.4 Å². The van der Waals surface area contributed by atoms with Crippen LogP contribution in [-0.2, 0) is 9.63 Å². The number of anilines is 1. The van der Waals surface area contributed by atoms with Crippen molar-refractivity contribution in [3.63, 3.8) is 0 Å². The Morgan fingerprint density at radius 3 is 2.64 bits per heavy atom. The van der Waals surface area contributed by atoms with Gasteiger partial charge in [-0.15, -0.1) is 0 Å². The number of carbonyl (C=O) groups is 1. The van der Waals surface area contributed by atoms with Gasteiger partial charge in [-0.2, -0.15) is 0 Å². The van der Waals surface area contributed by atoms with Gasteiger partial charge in [0.1, 0.15) is 5.82 Å². The van der Waals surface area contributed by atoms with E-state index in [1.54, 1.807) is 18.2 Å². The van der Waals surface area contributed by atoms with Crippen LogP contribution in [0, 0.1) is 11.6 Å². The van der Waals surface area contributed by atoms with Crippen molar-refractivity contribution in [3.05, 3.63) is 68.1 Å². The lowest BCUT2D eigenvalue weighted by Gasteiger charge is -2.11. The van der Waals surface area contributed by atoms with Crippen molar-refractivity contribution in [2.75, 3.05) is 5.32 Å². The van der Waals surface area contributed by atoms with Crippen molar-refractivity contribution in [2.24, 2.45) is 0 Å². The fourth-order valence-electron chi connectivity index (χ4n) is 2.15. The Labute approximate surface area is 159 Å². The van der Waals surface area contributed by atoms with Crippen LogP contribution in [0.5, 0.6) is 0 Å². The summed E-state index contributed by atoms with van der Waals surface area (Å²) in [5.74, 6) is -2.29. The van der Waals surface area contributed by atoms with Crippen LogP contribution in [0.3, 0.4) is 0 Å². The number of carbonyl (C=O) groups excluding carboxylic acids is 1. The Balaban J connectivity index is 1.78. The lowest BCUT2D eigenvalue weighted by atomic mass is 10.1. The van der Waals surface area contributed by atoms with Gasteiger partial charge in [-0.25, -0.2) is 8.78 Å². The first-order valence-corrected chi connectivity index (χ1v) is 8.44. The number of halogens is 5. The molecule has 0 saturated heterocycles. The van der Waals surface area contributed by atoms with Gasteiger partial charge in [-0.3, -0.25) is 15.1 Å². The SMILES string of the molecule is O=C(Nc1c(F)cc(F)cc1Br)[C@H]1C=C(c2ccc(Cl)c(Cl)c2)NO1. The van der Waals surface area contributed by atoms with E-state index < -0.39 is 23.6 Å². The molecule has 0 bridgehead atoms. The second kappa shape index (κ2) is 7.29. The van der Waals surface area contributed by atoms with Gasteiger partial charge in [0.2, 0.25) is 0 Å². The summed E-state index contributed by atoms with van der Waals surface area (Å²) in [6.45, 7) is 0. The molecule has 0 saturated carbocycles. The zero-order valence-electron chi connectivity index (χ0n) is 12.2. The second-order valence-electron chi connectivity index (χ2n) is 5.08. The quantitative estimate of drug-likeness (QED) is 0.699. The molecular formula is C16H9BrCl2F2N2O2. The van der Waals surface area contributed by atoms with E-state index >= 15 is 0 Å². The van der Waals surface area contributed by atoms with E-state index in [4.69, 9.17) is 28.0 Å². The predicted octanol–water partition coefficient (Wildman–Crippen LogP) is 4.92. The van der Waals surface area contributed by atoms with Gasteiger partial charge in [0.15, 0.2) is 11.9 Å². The molecule has 2 N–H and O–H groups in total. The van der Waals surface area contributed by atoms with Crippen LogP contribution in [-0.4, -0.2) is 12.0 Å². The minimum absolute atomic E-state index is 0.0815. The summed E-state index contributed by atoms with van der Waals surface area (Å²) in [5.41, 5.74) is 3.61. The van der Waals surface area contributed by atoms with E-state index in [1.165, 1.54) is 6.08 Å². The molecule has 130 valence electrons. The molecule has 9 heteroatoms. The lowest BCUT2D eigenvalue weighted by Crippen LogP contribution is -2.28. The number of hydrogen-bond donors (Lipinski definition) is 2. The molecule has 1 aliphatic heterocycles. The number of nitrogens with one attached hydrogen (secondary N) is 2. The van der Waals surface area contributed by atoms with Crippen molar-refractivity contribution in [1.82, 2.24) is 5.48 Å². The van der Waals surface area contributed by atoms with Gasteiger partial charge < -0.3 is 5.32 Å². The summed E-state index contributed by atoms with van der Waals surface area (Å²) in [6.07, 6.45) is 0.491. The average molecular weight is 450 g/mol. The molecule has 0 unspecified atom stereocenters. The maximum absolute atomic E-state index is 13.8. The van der Waals surface area contributed by atoms with E-state index in [0.717, 1.165) is 6.07 Å². The van der Waals surface area contributed by atoms with Crippen molar-refractivity contribution in [1.29, 1.82) is 0 Å². The molecule has 3 rings (SSSR count). The topological polar surface area (TPSA) is 50.4 Å². The van der Waals surface area contributed by atoms with E-state index in [9.17, 15) is 13.6 Å². The molecule has 2 aromatic rings. The third kappa shape index (κ3) is 3.95. The molecule has 1 amide bonds. The van der Waals surface area contributed by atoms with Gasteiger partial charge in [-0.05, 0) is 40.2 Å². The summed E-state index contributed by atoms with van der Waals surface area (Å²) in [6, 6.07) is 6.64. The van der Waals surface area contributed by atoms with Crippen molar-refractivity contribution in [3.8, 4) is 0 Å². The smallest absolute Gasteiger partial charge is 0.260 e. The summed E-state index contributed by atoms with van der Waals surface area (Å²) in [7, 11) is 0. The van der Waals surface area contributed by atoms with Crippen LogP contribution in [0.1, 0.15) is 5.56 Å². The maximum atomic E-state index is 13.8. The maximum Gasteiger partial charge on any atom is 0.260 e.